The fourth-order valence-electron chi connectivity index (χ4n) is 3.12. The lowest BCUT2D eigenvalue weighted by atomic mass is 9.95. The minimum atomic E-state index is -0.796. The first-order chi connectivity index (χ1) is 14.5. The van der Waals surface area contributed by atoms with Crippen molar-refractivity contribution < 1.29 is 24.2 Å². The smallest absolute Gasteiger partial charge is 0.315 e. The molecule has 0 aliphatic rings. The monoisotopic (exact) mass is 430 g/mol. The van der Waals surface area contributed by atoms with E-state index < -0.39 is 18.0 Å². The molecule has 2 rings (SSSR count). The maximum atomic E-state index is 12.2. The molecule has 2 atom stereocenters. The van der Waals surface area contributed by atoms with E-state index in [1.807, 2.05) is 20.8 Å². The van der Waals surface area contributed by atoms with Gasteiger partial charge in [0.15, 0.2) is 5.75 Å². The molecule has 0 amide bonds. The average Bonchev–Trinajstić information content (AvgIpc) is 2.71. The number of carbonyl (C=O) groups is 2. The van der Waals surface area contributed by atoms with Crippen molar-refractivity contribution in [2.45, 2.75) is 73.1 Å². The van der Waals surface area contributed by atoms with Gasteiger partial charge in [0, 0.05) is 23.5 Å². The van der Waals surface area contributed by atoms with Gasteiger partial charge in [0.2, 0.25) is 5.88 Å². The van der Waals surface area contributed by atoms with Crippen molar-refractivity contribution in [1.82, 2.24) is 10.3 Å². The molecule has 0 aliphatic carbocycles. The lowest BCUT2D eigenvalue weighted by Gasteiger charge is -2.26. The number of fused-ring (bicyclic) bond motifs is 1. The summed E-state index contributed by atoms with van der Waals surface area (Å²) in [4.78, 5) is 28.7. The summed E-state index contributed by atoms with van der Waals surface area (Å²) in [5, 5.41) is 15.1. The molecule has 0 aliphatic heterocycles. The summed E-state index contributed by atoms with van der Waals surface area (Å²) in [5.41, 5.74) is 1.02. The van der Waals surface area contributed by atoms with Crippen LogP contribution in [0.2, 0.25) is 0 Å². The van der Waals surface area contributed by atoms with Crippen molar-refractivity contribution in [3.05, 3.63) is 29.8 Å². The van der Waals surface area contributed by atoms with Crippen LogP contribution in [0.5, 0.6) is 11.6 Å². The highest BCUT2D eigenvalue weighted by Gasteiger charge is 2.24. The van der Waals surface area contributed by atoms with Gasteiger partial charge in [-0.1, -0.05) is 54.5 Å². The van der Waals surface area contributed by atoms with Crippen LogP contribution in [-0.2, 0) is 9.59 Å². The topological polar surface area (TPSA) is 97.8 Å². The second kappa shape index (κ2) is 10.7. The van der Waals surface area contributed by atoms with E-state index >= 15 is 0 Å². The van der Waals surface area contributed by atoms with E-state index in [4.69, 9.17) is 9.47 Å². The molecule has 2 N–H and O–H groups in total. The molecule has 0 saturated carbocycles. The number of nitrogens with zero attached hydrogens (tertiary/aromatic N) is 1. The first-order valence-corrected chi connectivity index (χ1v) is 10.9. The van der Waals surface area contributed by atoms with Crippen LogP contribution in [0.15, 0.2) is 24.3 Å². The number of nitrogens with one attached hydrogen (secondary N) is 1. The lowest BCUT2D eigenvalue weighted by molar-refractivity contribution is -0.138. The second-order valence-corrected chi connectivity index (χ2v) is 8.63. The first-order valence-electron chi connectivity index (χ1n) is 10.9. The van der Waals surface area contributed by atoms with Crippen LogP contribution in [0.25, 0.3) is 10.9 Å². The molecule has 0 saturated heterocycles. The van der Waals surface area contributed by atoms with E-state index in [-0.39, 0.29) is 35.5 Å². The number of esters is 2. The predicted octanol–water partition coefficient (Wildman–Crippen LogP) is 4.17. The molecule has 0 fully saturated rings. The van der Waals surface area contributed by atoms with Crippen molar-refractivity contribution >= 4 is 22.8 Å². The van der Waals surface area contributed by atoms with E-state index in [1.165, 1.54) is 0 Å². The Morgan fingerprint density at radius 3 is 2.13 bits per heavy atom. The molecule has 2 aromatic rings. The number of aliphatic hydroxyl groups is 1. The van der Waals surface area contributed by atoms with E-state index in [1.54, 1.807) is 52.0 Å². The van der Waals surface area contributed by atoms with Gasteiger partial charge in [-0.2, -0.15) is 0 Å². The third-order valence-corrected chi connectivity index (χ3v) is 4.87. The van der Waals surface area contributed by atoms with Gasteiger partial charge >= 0.3 is 11.9 Å². The van der Waals surface area contributed by atoms with Gasteiger partial charge in [-0.15, -0.1) is 0 Å². The molecule has 0 radical (unpaired) electrons. The Morgan fingerprint density at radius 1 is 0.968 bits per heavy atom. The zero-order valence-corrected chi connectivity index (χ0v) is 19.4. The van der Waals surface area contributed by atoms with E-state index in [0.29, 0.717) is 16.5 Å². The Bertz CT molecular complexity index is 924. The number of carbonyl (C=O) groups excluding carboxylic acids is 2. The van der Waals surface area contributed by atoms with Crippen LogP contribution in [0.4, 0.5) is 0 Å². The Morgan fingerprint density at radius 2 is 1.58 bits per heavy atom. The van der Waals surface area contributed by atoms with Crippen LogP contribution in [-0.4, -0.2) is 34.1 Å². The zero-order chi connectivity index (χ0) is 23.3. The van der Waals surface area contributed by atoms with Crippen molar-refractivity contribution in [2.75, 3.05) is 0 Å². The Balaban J connectivity index is 2.57. The Kier molecular flexibility index (Phi) is 8.53. The maximum absolute atomic E-state index is 12.2. The summed E-state index contributed by atoms with van der Waals surface area (Å²) >= 11 is 0. The van der Waals surface area contributed by atoms with Crippen LogP contribution >= 0.6 is 0 Å². The van der Waals surface area contributed by atoms with Gasteiger partial charge in [0.25, 0.3) is 0 Å². The maximum Gasteiger partial charge on any atom is 0.315 e. The highest BCUT2D eigenvalue weighted by atomic mass is 16.5. The molecule has 31 heavy (non-hydrogen) atoms. The van der Waals surface area contributed by atoms with Crippen molar-refractivity contribution in [3.8, 4) is 11.6 Å². The van der Waals surface area contributed by atoms with Crippen molar-refractivity contribution in [3.63, 3.8) is 0 Å². The summed E-state index contributed by atoms with van der Waals surface area (Å²) in [7, 11) is 0. The second-order valence-electron chi connectivity index (χ2n) is 8.63. The molecule has 7 heteroatoms. The van der Waals surface area contributed by atoms with Gasteiger partial charge in [0.05, 0.1) is 17.9 Å². The third kappa shape index (κ3) is 6.24. The molecule has 0 spiro atoms. The summed E-state index contributed by atoms with van der Waals surface area (Å²) in [5.74, 6) is -1.05. The predicted molar refractivity (Wildman–Crippen MR) is 120 cm³/mol. The number of aromatic nitrogens is 1. The summed E-state index contributed by atoms with van der Waals surface area (Å²) in [6.45, 7) is 13.0. The molecular formula is C24H34N2O5. The average molecular weight is 431 g/mol. The molecule has 7 nitrogen and oxygen atoms in total. The normalized spacial score (nSPS) is 13.6. The SMILES string of the molecule is CCC(NC(C)C)C(O)c1ccc(OC(=O)C(C)C)c2nc(OC(=O)C(C)C)ccc12. The highest BCUT2D eigenvalue weighted by Crippen LogP contribution is 2.34. The molecule has 0 bridgehead atoms. The van der Waals surface area contributed by atoms with Crippen molar-refractivity contribution in [1.29, 1.82) is 0 Å². The molecule has 1 heterocycles. The summed E-state index contributed by atoms with van der Waals surface area (Å²) in [6, 6.07) is 6.75. The molecule has 2 unspecified atom stereocenters. The van der Waals surface area contributed by atoms with Crippen molar-refractivity contribution in [2.24, 2.45) is 11.8 Å². The van der Waals surface area contributed by atoms with Crippen LogP contribution in [0.3, 0.4) is 0 Å². The lowest BCUT2D eigenvalue weighted by Crippen LogP contribution is -2.39. The quantitative estimate of drug-likeness (QED) is 0.455. The van der Waals surface area contributed by atoms with Gasteiger partial charge < -0.3 is 19.9 Å². The molecule has 1 aromatic carbocycles. The third-order valence-electron chi connectivity index (χ3n) is 4.87. The Hall–Kier alpha value is -2.51. The van der Waals surface area contributed by atoms with Gasteiger partial charge in [-0.05, 0) is 24.1 Å². The number of hydrogen-bond acceptors (Lipinski definition) is 7. The molecule has 170 valence electrons. The van der Waals surface area contributed by atoms with Gasteiger partial charge in [0.1, 0.15) is 5.52 Å². The fourth-order valence-corrected chi connectivity index (χ4v) is 3.12. The Labute approximate surface area is 184 Å². The summed E-state index contributed by atoms with van der Waals surface area (Å²) < 4.78 is 10.9. The van der Waals surface area contributed by atoms with Gasteiger partial charge in [-0.3, -0.25) is 9.59 Å². The van der Waals surface area contributed by atoms with E-state index in [0.717, 1.165) is 6.42 Å². The minimum Gasteiger partial charge on any atom is -0.424 e. The number of rotatable bonds is 9. The van der Waals surface area contributed by atoms with Gasteiger partial charge in [-0.25, -0.2) is 4.98 Å². The van der Waals surface area contributed by atoms with Crippen LogP contribution < -0.4 is 14.8 Å². The van der Waals surface area contributed by atoms with E-state index in [9.17, 15) is 14.7 Å². The highest BCUT2D eigenvalue weighted by molar-refractivity contribution is 5.91. The minimum absolute atomic E-state index is 0.118. The van der Waals surface area contributed by atoms with Crippen LogP contribution in [0.1, 0.15) is 66.6 Å². The fraction of sp³-hybridized carbons (Fsp3) is 0.542. The molecular weight excluding hydrogens is 396 g/mol. The molecule has 1 aromatic heterocycles. The standard InChI is InChI=1S/C24H34N2O5/c1-8-18(25-15(6)7)22(27)17-9-11-19(30-23(28)13(2)3)21-16(17)10-12-20(26-21)31-24(29)14(4)5/h9-15,18,22,25,27H,8H2,1-7H3. The number of pyridine rings is 1. The first kappa shape index (κ1) is 24.8. The number of benzene rings is 1. The largest absolute Gasteiger partial charge is 0.424 e. The summed E-state index contributed by atoms with van der Waals surface area (Å²) in [6.07, 6.45) is -0.0711. The number of aliphatic hydroxyl groups excluding tert-OH is 1. The number of hydrogen-bond donors (Lipinski definition) is 2. The number of ether oxygens (including phenoxy) is 2. The van der Waals surface area contributed by atoms with Crippen LogP contribution in [0, 0.1) is 11.8 Å². The van der Waals surface area contributed by atoms with E-state index in [2.05, 4.69) is 10.3 Å². The zero-order valence-electron chi connectivity index (χ0n) is 19.4.